The number of rotatable bonds is 6. The van der Waals surface area contributed by atoms with Gasteiger partial charge < -0.3 is 0 Å². The van der Waals surface area contributed by atoms with Crippen LogP contribution in [0, 0.1) is 5.92 Å². The summed E-state index contributed by atoms with van der Waals surface area (Å²) in [5.41, 5.74) is 0. The van der Waals surface area contributed by atoms with E-state index in [4.69, 9.17) is 23.2 Å². The van der Waals surface area contributed by atoms with Crippen molar-refractivity contribution in [1.29, 1.82) is 0 Å². The average molecular weight is 395 g/mol. The molecule has 0 spiro atoms. The summed E-state index contributed by atoms with van der Waals surface area (Å²) in [4.78, 5) is 0. The molecule has 0 aliphatic heterocycles. The van der Waals surface area contributed by atoms with Crippen LogP contribution in [0.3, 0.4) is 0 Å². The Morgan fingerprint density at radius 2 is 2.11 bits per heavy atom. The largest absolute Gasteiger partial charge is 0.250 e. The van der Waals surface area contributed by atoms with Gasteiger partial charge in [0, 0.05) is 11.9 Å². The van der Waals surface area contributed by atoms with Crippen LogP contribution in [0.4, 0.5) is 0 Å². The molecule has 3 nitrogen and oxygen atoms in total. The van der Waals surface area contributed by atoms with Crippen LogP contribution in [0.25, 0.3) is 0 Å². The van der Waals surface area contributed by atoms with Crippen LogP contribution in [-0.2, 0) is 10.0 Å². The Labute approximate surface area is 130 Å². The number of thiophene rings is 1. The summed E-state index contributed by atoms with van der Waals surface area (Å²) in [6, 6.07) is 1.27. The molecule has 0 aromatic carbocycles. The number of sulfonamides is 1. The van der Waals surface area contributed by atoms with Gasteiger partial charge in [-0.1, -0.05) is 25.4 Å². The molecule has 0 saturated carbocycles. The molecule has 0 fully saturated rings. The predicted molar refractivity (Wildman–Crippen MR) is 81.3 cm³/mol. The Morgan fingerprint density at radius 1 is 1.50 bits per heavy atom. The molecule has 104 valence electrons. The van der Waals surface area contributed by atoms with E-state index in [9.17, 15) is 8.42 Å². The zero-order valence-electron chi connectivity index (χ0n) is 9.91. The molecule has 1 unspecified atom stereocenters. The molecule has 0 aliphatic rings. The molecule has 1 N–H and O–H groups in total. The second kappa shape index (κ2) is 6.90. The summed E-state index contributed by atoms with van der Waals surface area (Å²) >= 11 is 15.8. The van der Waals surface area contributed by atoms with Gasteiger partial charge in [0.25, 0.3) is 0 Å². The molecule has 1 atom stereocenters. The van der Waals surface area contributed by atoms with E-state index in [1.165, 1.54) is 6.07 Å². The zero-order valence-corrected chi connectivity index (χ0v) is 14.6. The second-order valence-corrected chi connectivity index (χ2v) is 9.23. The van der Waals surface area contributed by atoms with Crippen LogP contribution in [-0.4, -0.2) is 20.3 Å². The number of hydrogen-bond donors (Lipinski definition) is 1. The van der Waals surface area contributed by atoms with Gasteiger partial charge in [-0.25, -0.2) is 13.1 Å². The fraction of sp³-hybridized carbons (Fsp3) is 0.600. The van der Waals surface area contributed by atoms with Gasteiger partial charge in [0.05, 0.1) is 8.81 Å². The van der Waals surface area contributed by atoms with Gasteiger partial charge >= 0.3 is 0 Å². The number of alkyl halides is 1. The minimum absolute atomic E-state index is 0.174. The van der Waals surface area contributed by atoms with E-state index in [-0.39, 0.29) is 16.2 Å². The summed E-state index contributed by atoms with van der Waals surface area (Å²) < 4.78 is 27.8. The fourth-order valence-corrected chi connectivity index (χ4v) is 5.43. The summed E-state index contributed by atoms with van der Waals surface area (Å²) in [5, 5.41) is 0.402. The first kappa shape index (κ1) is 16.7. The maximum atomic E-state index is 12.2. The number of nitrogens with one attached hydrogen (secondary N) is 1. The molecule has 1 aromatic heterocycles. The molecule has 0 saturated heterocycles. The van der Waals surface area contributed by atoms with Crippen molar-refractivity contribution in [2.75, 3.05) is 5.88 Å². The molecule has 0 amide bonds. The highest BCUT2D eigenvalue weighted by Gasteiger charge is 2.24. The van der Waals surface area contributed by atoms with E-state index in [1.807, 2.05) is 13.8 Å². The average Bonchev–Trinajstić information content (AvgIpc) is 2.59. The topological polar surface area (TPSA) is 46.2 Å². The van der Waals surface area contributed by atoms with Gasteiger partial charge in [-0.2, -0.15) is 0 Å². The molecule has 0 bridgehead atoms. The van der Waals surface area contributed by atoms with Crippen LogP contribution in [0.5, 0.6) is 0 Å². The lowest BCUT2D eigenvalue weighted by atomic mass is 10.0. The lowest BCUT2D eigenvalue weighted by Gasteiger charge is -2.20. The second-order valence-electron chi connectivity index (χ2n) is 4.14. The summed E-state index contributed by atoms with van der Waals surface area (Å²) in [6.45, 7) is 3.91. The van der Waals surface area contributed by atoms with Crippen LogP contribution >= 0.6 is 50.5 Å². The van der Waals surface area contributed by atoms with Crippen molar-refractivity contribution in [2.24, 2.45) is 5.92 Å². The normalized spacial score (nSPS) is 14.1. The van der Waals surface area contributed by atoms with Crippen LogP contribution in [0.1, 0.15) is 20.3 Å². The minimum atomic E-state index is -3.53. The molecule has 1 heterocycles. The van der Waals surface area contributed by atoms with Crippen LogP contribution in [0.15, 0.2) is 14.1 Å². The quantitative estimate of drug-likeness (QED) is 0.738. The zero-order chi connectivity index (χ0) is 13.9. The third-order valence-electron chi connectivity index (χ3n) is 2.42. The van der Waals surface area contributed by atoms with Crippen molar-refractivity contribution in [3.63, 3.8) is 0 Å². The van der Waals surface area contributed by atoms with Gasteiger partial charge in [0.15, 0.2) is 0 Å². The molecule has 1 aromatic rings. The van der Waals surface area contributed by atoms with Gasteiger partial charge in [-0.05, 0) is 34.3 Å². The Morgan fingerprint density at radius 3 is 2.50 bits per heavy atom. The molecule has 0 radical (unpaired) electrons. The standard InChI is InChI=1S/C10H14BrCl2NO2S2/c1-6(2)8(3-4-12)14-18(15,16)9-5-7(13)10(11)17-9/h5-6,8,14H,3-4H2,1-2H3. The molecule has 8 heteroatoms. The highest BCUT2D eigenvalue weighted by atomic mass is 79.9. The van der Waals surface area contributed by atoms with Crippen LogP contribution < -0.4 is 4.72 Å². The molecular weight excluding hydrogens is 381 g/mol. The summed E-state index contributed by atoms with van der Waals surface area (Å²) in [5.74, 6) is 0.595. The third kappa shape index (κ3) is 4.35. The predicted octanol–water partition coefficient (Wildman–Crippen LogP) is 4.10. The lowest BCUT2D eigenvalue weighted by Crippen LogP contribution is -2.38. The maximum absolute atomic E-state index is 12.2. The third-order valence-corrected chi connectivity index (χ3v) is 7.08. The Hall–Kier alpha value is 0.670. The van der Waals surface area contributed by atoms with E-state index in [1.54, 1.807) is 0 Å². The Kier molecular flexibility index (Phi) is 6.41. The monoisotopic (exact) mass is 393 g/mol. The van der Waals surface area contributed by atoms with Gasteiger partial charge in [0.2, 0.25) is 10.0 Å². The summed E-state index contributed by atoms with van der Waals surface area (Å²) in [6.07, 6.45) is 0.596. The summed E-state index contributed by atoms with van der Waals surface area (Å²) in [7, 11) is -3.53. The first-order valence-electron chi connectivity index (χ1n) is 5.31. The van der Waals surface area contributed by atoms with Crippen molar-refractivity contribution in [3.05, 3.63) is 14.9 Å². The SMILES string of the molecule is CC(C)C(CCCl)NS(=O)(=O)c1cc(Cl)c(Br)s1. The van der Waals surface area contributed by atoms with E-state index in [2.05, 4.69) is 20.7 Å². The highest BCUT2D eigenvalue weighted by molar-refractivity contribution is 9.11. The molecular formula is C10H14BrCl2NO2S2. The van der Waals surface area contributed by atoms with Crippen LogP contribution in [0.2, 0.25) is 5.02 Å². The Balaban J connectivity index is 2.93. The minimum Gasteiger partial charge on any atom is -0.207 e. The van der Waals surface area contributed by atoms with Crippen molar-refractivity contribution in [2.45, 2.75) is 30.5 Å². The first-order chi connectivity index (χ1) is 8.27. The van der Waals surface area contributed by atoms with Gasteiger partial charge in [-0.15, -0.1) is 22.9 Å². The number of halogens is 3. The highest BCUT2D eigenvalue weighted by Crippen LogP contribution is 2.34. The molecule has 1 rings (SSSR count). The Bertz CT molecular complexity index is 482. The van der Waals surface area contributed by atoms with E-state index >= 15 is 0 Å². The van der Waals surface area contributed by atoms with Crippen molar-refractivity contribution in [3.8, 4) is 0 Å². The van der Waals surface area contributed by atoms with E-state index < -0.39 is 10.0 Å². The molecule has 0 aliphatic carbocycles. The van der Waals surface area contributed by atoms with Crippen molar-refractivity contribution >= 4 is 60.5 Å². The smallest absolute Gasteiger partial charge is 0.207 e. The first-order valence-corrected chi connectivity index (χ1v) is 9.31. The van der Waals surface area contributed by atoms with Crippen molar-refractivity contribution in [1.82, 2.24) is 4.72 Å². The number of hydrogen-bond acceptors (Lipinski definition) is 3. The van der Waals surface area contributed by atoms with Gasteiger partial charge in [0.1, 0.15) is 4.21 Å². The molecule has 18 heavy (non-hydrogen) atoms. The fourth-order valence-electron chi connectivity index (χ4n) is 1.36. The van der Waals surface area contributed by atoms with Gasteiger partial charge in [-0.3, -0.25) is 0 Å². The van der Waals surface area contributed by atoms with E-state index in [0.29, 0.717) is 21.1 Å². The van der Waals surface area contributed by atoms with E-state index in [0.717, 1.165) is 11.3 Å². The van der Waals surface area contributed by atoms with Crippen molar-refractivity contribution < 1.29 is 8.42 Å². The maximum Gasteiger partial charge on any atom is 0.250 e. The lowest BCUT2D eigenvalue weighted by molar-refractivity contribution is 0.439.